The number of carbonyl (C=O) groups is 3. The first-order valence-corrected chi connectivity index (χ1v) is 13.9. The highest BCUT2D eigenvalue weighted by Crippen LogP contribution is 2.28. The van der Waals surface area contributed by atoms with Crippen LogP contribution in [0.5, 0.6) is 0 Å². The van der Waals surface area contributed by atoms with Gasteiger partial charge in [0.1, 0.15) is 5.70 Å². The lowest BCUT2D eigenvalue weighted by molar-refractivity contribution is -0.115. The Labute approximate surface area is 246 Å². The normalized spacial score (nSPS) is 11.8. The predicted octanol–water partition coefficient (Wildman–Crippen LogP) is 7.52. The van der Waals surface area contributed by atoms with Crippen LogP contribution in [-0.4, -0.2) is 23.0 Å². The number of rotatable bonds is 9. The average molecular weight is 591 g/mol. The first-order chi connectivity index (χ1) is 19.3. The Morgan fingerprint density at radius 1 is 0.750 bits per heavy atom. The second kappa shape index (κ2) is 13.8. The van der Waals surface area contributed by atoms with Crippen molar-refractivity contribution >= 4 is 70.1 Å². The van der Waals surface area contributed by atoms with Gasteiger partial charge in [-0.05, 0) is 67.1 Å². The van der Waals surface area contributed by atoms with Gasteiger partial charge in [0.2, 0.25) is 5.91 Å². The zero-order valence-electron chi connectivity index (χ0n) is 21.4. The standard InChI is InChI=1S/C31H25Cl2N3O3S/c1-20(29(37)34-24-15-16-26(32)27(33)19-24)40-25-14-8-13-23(18-25)35-31(39)28(17-21-9-4-2-5-10-21)36-30(38)22-11-6-3-7-12-22/h2-20H,1H3,(H,34,37)(H,35,39)(H,36,38)/b28-17-. The van der Waals surface area contributed by atoms with Crippen LogP contribution in [0.25, 0.3) is 6.08 Å². The summed E-state index contributed by atoms with van der Waals surface area (Å²) < 4.78 is 0. The van der Waals surface area contributed by atoms with E-state index in [1.807, 2.05) is 42.5 Å². The number of carbonyl (C=O) groups excluding carboxylic acids is 3. The SMILES string of the molecule is CC(Sc1cccc(NC(=O)/C(=C/c2ccccc2)NC(=O)c2ccccc2)c1)C(=O)Nc1ccc(Cl)c(Cl)c1. The smallest absolute Gasteiger partial charge is 0.272 e. The van der Waals surface area contributed by atoms with Gasteiger partial charge in [-0.2, -0.15) is 0 Å². The van der Waals surface area contributed by atoms with Crippen LogP contribution in [0, 0.1) is 0 Å². The summed E-state index contributed by atoms with van der Waals surface area (Å²) in [6.07, 6.45) is 1.62. The maximum Gasteiger partial charge on any atom is 0.272 e. The predicted molar refractivity (Wildman–Crippen MR) is 164 cm³/mol. The van der Waals surface area contributed by atoms with Crippen molar-refractivity contribution < 1.29 is 14.4 Å². The molecule has 1 atom stereocenters. The lowest BCUT2D eigenvalue weighted by Crippen LogP contribution is -2.30. The number of nitrogens with one attached hydrogen (secondary N) is 3. The summed E-state index contributed by atoms with van der Waals surface area (Å²) in [6, 6.07) is 29.9. The Morgan fingerprint density at radius 2 is 1.43 bits per heavy atom. The molecule has 3 N–H and O–H groups in total. The van der Waals surface area contributed by atoms with Crippen molar-refractivity contribution in [1.82, 2.24) is 5.32 Å². The minimum Gasteiger partial charge on any atom is -0.325 e. The van der Waals surface area contributed by atoms with E-state index in [-0.39, 0.29) is 11.6 Å². The number of hydrogen-bond acceptors (Lipinski definition) is 4. The molecular formula is C31H25Cl2N3O3S. The Hall–Kier alpha value is -4.04. The average Bonchev–Trinajstić information content (AvgIpc) is 2.95. The van der Waals surface area contributed by atoms with Crippen LogP contribution in [0.15, 0.2) is 114 Å². The lowest BCUT2D eigenvalue weighted by atomic mass is 10.1. The molecule has 9 heteroatoms. The van der Waals surface area contributed by atoms with E-state index in [0.717, 1.165) is 10.5 Å². The van der Waals surface area contributed by atoms with E-state index < -0.39 is 17.1 Å². The summed E-state index contributed by atoms with van der Waals surface area (Å²) >= 11 is 13.3. The molecule has 3 amide bonds. The molecule has 0 saturated carbocycles. The molecule has 40 heavy (non-hydrogen) atoms. The van der Waals surface area contributed by atoms with E-state index >= 15 is 0 Å². The van der Waals surface area contributed by atoms with Gasteiger partial charge in [0.15, 0.2) is 0 Å². The van der Waals surface area contributed by atoms with Crippen LogP contribution >= 0.6 is 35.0 Å². The van der Waals surface area contributed by atoms with Crippen LogP contribution < -0.4 is 16.0 Å². The van der Waals surface area contributed by atoms with Crippen molar-refractivity contribution in [3.8, 4) is 0 Å². The van der Waals surface area contributed by atoms with Crippen molar-refractivity contribution in [1.29, 1.82) is 0 Å². The Morgan fingerprint density at radius 3 is 2.12 bits per heavy atom. The fourth-order valence-corrected chi connectivity index (χ4v) is 4.80. The molecule has 6 nitrogen and oxygen atoms in total. The molecular weight excluding hydrogens is 565 g/mol. The highest BCUT2D eigenvalue weighted by atomic mass is 35.5. The molecule has 0 spiro atoms. The summed E-state index contributed by atoms with van der Waals surface area (Å²) in [5, 5.41) is 8.72. The molecule has 0 bridgehead atoms. The van der Waals surface area contributed by atoms with Gasteiger partial charge >= 0.3 is 0 Å². The molecule has 0 aliphatic rings. The van der Waals surface area contributed by atoms with E-state index in [2.05, 4.69) is 16.0 Å². The van der Waals surface area contributed by atoms with Gasteiger partial charge in [-0.1, -0.05) is 77.8 Å². The lowest BCUT2D eigenvalue weighted by Gasteiger charge is -2.14. The van der Waals surface area contributed by atoms with Crippen molar-refractivity contribution in [3.63, 3.8) is 0 Å². The zero-order chi connectivity index (χ0) is 28.5. The van der Waals surface area contributed by atoms with Crippen LogP contribution in [0.1, 0.15) is 22.8 Å². The first-order valence-electron chi connectivity index (χ1n) is 12.3. The monoisotopic (exact) mass is 589 g/mol. The second-order valence-corrected chi connectivity index (χ2v) is 10.9. The molecule has 0 radical (unpaired) electrons. The van der Waals surface area contributed by atoms with E-state index in [4.69, 9.17) is 23.2 Å². The Balaban J connectivity index is 1.45. The molecule has 0 saturated heterocycles. The number of hydrogen-bond donors (Lipinski definition) is 3. The van der Waals surface area contributed by atoms with Crippen molar-refractivity contribution in [2.45, 2.75) is 17.1 Å². The maximum atomic E-state index is 13.3. The molecule has 0 aliphatic heterocycles. The van der Waals surface area contributed by atoms with Gasteiger partial charge in [0.25, 0.3) is 11.8 Å². The Kier molecular flexibility index (Phi) is 10.0. The van der Waals surface area contributed by atoms with E-state index in [9.17, 15) is 14.4 Å². The molecule has 4 aromatic carbocycles. The molecule has 4 rings (SSSR count). The molecule has 202 valence electrons. The molecule has 0 aromatic heterocycles. The summed E-state index contributed by atoms with van der Waals surface area (Å²) in [7, 11) is 0. The van der Waals surface area contributed by atoms with Crippen molar-refractivity contribution in [2.24, 2.45) is 0 Å². The minimum absolute atomic E-state index is 0.0903. The van der Waals surface area contributed by atoms with Gasteiger partial charge in [0.05, 0.1) is 15.3 Å². The van der Waals surface area contributed by atoms with Crippen molar-refractivity contribution in [3.05, 3.63) is 130 Å². The number of amides is 3. The largest absolute Gasteiger partial charge is 0.325 e. The number of halogens is 2. The van der Waals surface area contributed by atoms with Gasteiger partial charge in [-0.15, -0.1) is 11.8 Å². The minimum atomic E-state index is -0.485. The Bertz CT molecular complexity index is 1550. The molecule has 0 heterocycles. The molecule has 4 aromatic rings. The van der Waals surface area contributed by atoms with Crippen LogP contribution in [-0.2, 0) is 9.59 Å². The second-order valence-electron chi connectivity index (χ2n) is 8.65. The van der Waals surface area contributed by atoms with Crippen molar-refractivity contribution in [2.75, 3.05) is 10.6 Å². The molecule has 1 unspecified atom stereocenters. The highest BCUT2D eigenvalue weighted by Gasteiger charge is 2.17. The fraction of sp³-hybridized carbons (Fsp3) is 0.0645. The highest BCUT2D eigenvalue weighted by molar-refractivity contribution is 8.00. The summed E-state index contributed by atoms with van der Waals surface area (Å²) in [6.45, 7) is 1.78. The van der Waals surface area contributed by atoms with Crippen LogP contribution in [0.3, 0.4) is 0 Å². The first kappa shape index (κ1) is 29.0. The maximum absolute atomic E-state index is 13.3. The van der Waals surface area contributed by atoms with E-state index in [1.54, 1.807) is 73.7 Å². The number of thioether (sulfide) groups is 1. The summed E-state index contributed by atoms with van der Waals surface area (Å²) in [4.78, 5) is 39.6. The van der Waals surface area contributed by atoms with E-state index in [0.29, 0.717) is 27.0 Å². The third-order valence-electron chi connectivity index (χ3n) is 5.60. The van der Waals surface area contributed by atoms with Gasteiger partial charge in [-0.3, -0.25) is 14.4 Å². The van der Waals surface area contributed by atoms with E-state index in [1.165, 1.54) is 11.8 Å². The number of benzene rings is 4. The number of anilines is 2. The third-order valence-corrected chi connectivity index (χ3v) is 7.43. The topological polar surface area (TPSA) is 87.3 Å². The third kappa shape index (κ3) is 8.23. The summed E-state index contributed by atoms with van der Waals surface area (Å²) in [5.74, 6) is -1.10. The summed E-state index contributed by atoms with van der Waals surface area (Å²) in [5.41, 5.74) is 2.34. The molecule has 0 aliphatic carbocycles. The van der Waals surface area contributed by atoms with Crippen LogP contribution in [0.2, 0.25) is 10.0 Å². The fourth-order valence-electron chi connectivity index (χ4n) is 3.58. The quantitative estimate of drug-likeness (QED) is 0.139. The van der Waals surface area contributed by atoms with Gasteiger partial charge in [0, 0.05) is 21.8 Å². The molecule has 0 fully saturated rings. The van der Waals surface area contributed by atoms with Gasteiger partial charge < -0.3 is 16.0 Å². The zero-order valence-corrected chi connectivity index (χ0v) is 23.7. The van der Waals surface area contributed by atoms with Gasteiger partial charge in [-0.25, -0.2) is 0 Å². The van der Waals surface area contributed by atoms with Crippen LogP contribution in [0.4, 0.5) is 11.4 Å².